The summed E-state index contributed by atoms with van der Waals surface area (Å²) in [6, 6.07) is 6.65. The predicted molar refractivity (Wildman–Crippen MR) is 107 cm³/mol. The van der Waals surface area contributed by atoms with E-state index in [1.807, 2.05) is 6.92 Å². The molecule has 25 heavy (non-hydrogen) atoms. The van der Waals surface area contributed by atoms with E-state index in [0.29, 0.717) is 43.7 Å². The van der Waals surface area contributed by atoms with Gasteiger partial charge in [0.25, 0.3) is 0 Å². The van der Waals surface area contributed by atoms with Crippen LogP contribution in [-0.4, -0.2) is 38.9 Å². The number of guanidine groups is 1. The fourth-order valence-corrected chi connectivity index (χ4v) is 1.91. The molecule has 2 N–H and O–H groups in total. The number of hydrogen-bond donors (Lipinski definition) is 2. The molecule has 1 aromatic rings. The van der Waals surface area contributed by atoms with Gasteiger partial charge in [-0.05, 0) is 18.9 Å². The number of rotatable bonds is 10. The Morgan fingerprint density at radius 3 is 2.56 bits per heavy atom. The molecule has 0 spiro atoms. The summed E-state index contributed by atoms with van der Waals surface area (Å²) in [5.74, 6) is 1.25. The minimum Gasteiger partial charge on any atom is -0.434 e. The van der Waals surface area contributed by atoms with Crippen LogP contribution in [0.1, 0.15) is 26.3 Å². The molecular formula is C17H28F2IN3O2. The third-order valence-corrected chi connectivity index (χ3v) is 2.93. The quantitative estimate of drug-likeness (QED) is 0.237. The molecule has 0 aromatic heterocycles. The Bertz CT molecular complexity index is 503. The van der Waals surface area contributed by atoms with Crippen molar-refractivity contribution in [1.29, 1.82) is 0 Å². The molecule has 0 amide bonds. The lowest BCUT2D eigenvalue weighted by Crippen LogP contribution is -2.39. The van der Waals surface area contributed by atoms with Crippen molar-refractivity contribution in [2.45, 2.75) is 33.9 Å². The van der Waals surface area contributed by atoms with Gasteiger partial charge in [0.1, 0.15) is 5.75 Å². The van der Waals surface area contributed by atoms with Gasteiger partial charge in [-0.1, -0.05) is 32.0 Å². The molecular weight excluding hydrogens is 443 g/mol. The highest BCUT2D eigenvalue weighted by molar-refractivity contribution is 14.0. The highest BCUT2D eigenvalue weighted by Gasteiger charge is 2.08. The molecule has 0 fully saturated rings. The Kier molecular flexibility index (Phi) is 13.4. The molecule has 0 saturated carbocycles. The SMILES string of the molecule is CCNC(=NCc1ccccc1OC(F)F)NCCOCC(C)C.I. The van der Waals surface area contributed by atoms with Gasteiger partial charge in [0.15, 0.2) is 5.96 Å². The minimum absolute atomic E-state index is 0. The van der Waals surface area contributed by atoms with Crippen LogP contribution >= 0.6 is 24.0 Å². The van der Waals surface area contributed by atoms with Crippen LogP contribution in [0.4, 0.5) is 8.78 Å². The van der Waals surface area contributed by atoms with Gasteiger partial charge in [0.05, 0.1) is 13.2 Å². The standard InChI is InChI=1S/C17H27F2N3O2.HI/c1-4-20-17(21-9-10-23-12-13(2)3)22-11-14-7-5-6-8-15(14)24-16(18)19;/h5-8,13,16H,4,9-12H2,1-3H3,(H2,20,21,22);1H. The number of ether oxygens (including phenoxy) is 2. The van der Waals surface area contributed by atoms with Crippen LogP contribution in [0, 0.1) is 5.92 Å². The summed E-state index contributed by atoms with van der Waals surface area (Å²) in [4.78, 5) is 4.40. The highest BCUT2D eigenvalue weighted by Crippen LogP contribution is 2.20. The Balaban J connectivity index is 0.00000576. The van der Waals surface area contributed by atoms with Crippen molar-refractivity contribution in [2.24, 2.45) is 10.9 Å². The average Bonchev–Trinajstić information content (AvgIpc) is 2.52. The molecule has 144 valence electrons. The van der Waals surface area contributed by atoms with Gasteiger partial charge in [-0.3, -0.25) is 0 Å². The third-order valence-electron chi connectivity index (χ3n) is 2.93. The maximum atomic E-state index is 12.4. The van der Waals surface area contributed by atoms with Crippen molar-refractivity contribution >= 4 is 29.9 Å². The second-order valence-electron chi connectivity index (χ2n) is 5.58. The summed E-state index contributed by atoms with van der Waals surface area (Å²) in [5.41, 5.74) is 0.603. The van der Waals surface area contributed by atoms with Gasteiger partial charge in [0.2, 0.25) is 0 Å². The molecule has 0 bridgehead atoms. The normalized spacial score (nSPS) is 11.4. The van der Waals surface area contributed by atoms with Crippen molar-refractivity contribution in [3.05, 3.63) is 29.8 Å². The zero-order valence-corrected chi connectivity index (χ0v) is 17.3. The Labute approximate surface area is 165 Å². The van der Waals surface area contributed by atoms with E-state index in [9.17, 15) is 8.78 Å². The van der Waals surface area contributed by atoms with Crippen LogP contribution in [0.3, 0.4) is 0 Å². The monoisotopic (exact) mass is 471 g/mol. The Morgan fingerprint density at radius 1 is 1.20 bits per heavy atom. The van der Waals surface area contributed by atoms with Gasteiger partial charge in [-0.25, -0.2) is 4.99 Å². The van der Waals surface area contributed by atoms with Gasteiger partial charge < -0.3 is 20.1 Å². The molecule has 5 nitrogen and oxygen atoms in total. The summed E-state index contributed by atoms with van der Waals surface area (Å²) in [5, 5.41) is 6.26. The second kappa shape index (κ2) is 14.1. The van der Waals surface area contributed by atoms with Gasteiger partial charge in [-0.2, -0.15) is 8.78 Å². The lowest BCUT2D eigenvalue weighted by Gasteiger charge is -2.13. The van der Waals surface area contributed by atoms with Gasteiger partial charge in [-0.15, -0.1) is 24.0 Å². The van der Waals surface area contributed by atoms with Crippen LogP contribution in [0.2, 0.25) is 0 Å². The zero-order chi connectivity index (χ0) is 17.8. The van der Waals surface area contributed by atoms with E-state index in [-0.39, 0.29) is 36.3 Å². The summed E-state index contributed by atoms with van der Waals surface area (Å²) < 4.78 is 34.8. The fourth-order valence-electron chi connectivity index (χ4n) is 1.91. The van der Waals surface area contributed by atoms with Crippen molar-refractivity contribution in [2.75, 3.05) is 26.3 Å². The van der Waals surface area contributed by atoms with E-state index < -0.39 is 6.61 Å². The molecule has 0 radical (unpaired) electrons. The second-order valence-corrected chi connectivity index (χ2v) is 5.58. The first-order valence-electron chi connectivity index (χ1n) is 8.15. The molecule has 1 rings (SSSR count). The number of halogens is 3. The smallest absolute Gasteiger partial charge is 0.387 e. The number of nitrogens with zero attached hydrogens (tertiary/aromatic N) is 1. The third kappa shape index (κ3) is 11.1. The maximum Gasteiger partial charge on any atom is 0.387 e. The first-order chi connectivity index (χ1) is 11.5. The van der Waals surface area contributed by atoms with E-state index in [1.165, 1.54) is 6.07 Å². The summed E-state index contributed by atoms with van der Waals surface area (Å²) in [6.07, 6.45) is 0. The van der Waals surface area contributed by atoms with E-state index >= 15 is 0 Å². The molecule has 0 aliphatic heterocycles. The number of alkyl halides is 2. The Hall–Kier alpha value is -1.16. The summed E-state index contributed by atoms with van der Waals surface area (Å²) in [6.45, 7) is 6.16. The van der Waals surface area contributed by atoms with Crippen LogP contribution in [0.5, 0.6) is 5.75 Å². The molecule has 1 aromatic carbocycles. The van der Waals surface area contributed by atoms with Crippen molar-refractivity contribution in [3.63, 3.8) is 0 Å². The van der Waals surface area contributed by atoms with Crippen LogP contribution in [0.25, 0.3) is 0 Å². The Morgan fingerprint density at radius 2 is 1.92 bits per heavy atom. The molecule has 0 heterocycles. The molecule has 0 saturated heterocycles. The number of nitrogens with one attached hydrogen (secondary N) is 2. The predicted octanol–water partition coefficient (Wildman–Crippen LogP) is 3.63. The van der Waals surface area contributed by atoms with E-state index in [4.69, 9.17) is 4.74 Å². The summed E-state index contributed by atoms with van der Waals surface area (Å²) >= 11 is 0. The highest BCUT2D eigenvalue weighted by atomic mass is 127. The van der Waals surface area contributed by atoms with Gasteiger partial charge in [0, 0.05) is 25.3 Å². The lowest BCUT2D eigenvalue weighted by atomic mass is 10.2. The number of para-hydroxylation sites is 1. The lowest BCUT2D eigenvalue weighted by molar-refractivity contribution is -0.0504. The molecule has 0 unspecified atom stereocenters. The maximum absolute atomic E-state index is 12.4. The molecule has 0 aliphatic carbocycles. The topological polar surface area (TPSA) is 54.9 Å². The zero-order valence-electron chi connectivity index (χ0n) is 14.9. The average molecular weight is 471 g/mol. The van der Waals surface area contributed by atoms with E-state index in [1.54, 1.807) is 18.2 Å². The first-order valence-corrected chi connectivity index (χ1v) is 8.15. The van der Waals surface area contributed by atoms with Crippen molar-refractivity contribution in [3.8, 4) is 5.75 Å². The van der Waals surface area contributed by atoms with Crippen LogP contribution < -0.4 is 15.4 Å². The number of aliphatic imine (C=N–C) groups is 1. The summed E-state index contributed by atoms with van der Waals surface area (Å²) in [7, 11) is 0. The molecule has 0 aliphatic rings. The first kappa shape index (κ1) is 23.8. The number of benzene rings is 1. The van der Waals surface area contributed by atoms with Gasteiger partial charge >= 0.3 is 6.61 Å². The van der Waals surface area contributed by atoms with Crippen LogP contribution in [0.15, 0.2) is 29.3 Å². The molecule has 8 heteroatoms. The number of hydrogen-bond acceptors (Lipinski definition) is 3. The largest absolute Gasteiger partial charge is 0.434 e. The van der Waals surface area contributed by atoms with E-state index in [0.717, 1.165) is 0 Å². The minimum atomic E-state index is -2.85. The fraction of sp³-hybridized carbons (Fsp3) is 0.588. The van der Waals surface area contributed by atoms with E-state index in [2.05, 4.69) is 34.2 Å². The van der Waals surface area contributed by atoms with Crippen molar-refractivity contribution < 1.29 is 18.3 Å². The van der Waals surface area contributed by atoms with Crippen molar-refractivity contribution in [1.82, 2.24) is 10.6 Å². The molecule has 0 atom stereocenters. The van der Waals surface area contributed by atoms with Crippen LogP contribution in [-0.2, 0) is 11.3 Å².